The summed E-state index contributed by atoms with van der Waals surface area (Å²) in [4.78, 5) is 11.6. The van der Waals surface area contributed by atoms with Crippen LogP contribution in [0.2, 0.25) is 0 Å². The molecule has 1 aliphatic heterocycles. The Balaban J connectivity index is 2.10. The van der Waals surface area contributed by atoms with Gasteiger partial charge in [0.25, 0.3) is 5.91 Å². The zero-order valence-electron chi connectivity index (χ0n) is 7.59. The van der Waals surface area contributed by atoms with Gasteiger partial charge >= 0.3 is 0 Å². The second-order valence-corrected chi connectivity index (χ2v) is 4.94. The fourth-order valence-electron chi connectivity index (χ4n) is 2.10. The van der Waals surface area contributed by atoms with Crippen LogP contribution >= 0.6 is 15.9 Å². The first-order valence-electron chi connectivity index (χ1n) is 4.86. The third-order valence-corrected chi connectivity index (χ3v) is 3.47. The molecule has 0 spiro atoms. The molecule has 1 saturated carbocycles. The number of carbonyl (C=O) groups is 1. The van der Waals surface area contributed by atoms with Crippen molar-refractivity contribution in [3.05, 3.63) is 33.8 Å². The summed E-state index contributed by atoms with van der Waals surface area (Å²) >= 11 is 3.44. The van der Waals surface area contributed by atoms with Gasteiger partial charge in [-0.05, 0) is 42.5 Å². The molecular formula is C11H10BrNO. The molecule has 1 unspecified atom stereocenters. The summed E-state index contributed by atoms with van der Waals surface area (Å²) in [6, 6.07) is 6.16. The standard InChI is InChI=1S/C11H10BrNO/c12-7-3-4-8-9(5-7)10(6-1-2-6)13-11(8)14/h3-6,10H,1-2H2,(H,13,14). The summed E-state index contributed by atoms with van der Waals surface area (Å²) in [5.74, 6) is 0.763. The van der Waals surface area contributed by atoms with Crippen molar-refractivity contribution in [2.75, 3.05) is 0 Å². The first-order valence-corrected chi connectivity index (χ1v) is 5.65. The molecule has 3 heteroatoms. The van der Waals surface area contributed by atoms with Crippen LogP contribution in [-0.4, -0.2) is 5.91 Å². The predicted molar refractivity (Wildman–Crippen MR) is 57.1 cm³/mol. The van der Waals surface area contributed by atoms with E-state index in [1.165, 1.54) is 18.4 Å². The van der Waals surface area contributed by atoms with Crippen molar-refractivity contribution in [3.8, 4) is 0 Å². The number of hydrogen-bond donors (Lipinski definition) is 1. The lowest BCUT2D eigenvalue weighted by molar-refractivity contribution is 0.0953. The predicted octanol–water partition coefficient (Wildman–Crippen LogP) is 2.64. The lowest BCUT2D eigenvalue weighted by Gasteiger charge is -2.09. The van der Waals surface area contributed by atoms with Crippen molar-refractivity contribution in [1.29, 1.82) is 0 Å². The minimum atomic E-state index is 0.0874. The first kappa shape index (κ1) is 8.48. The molecule has 2 aliphatic rings. The van der Waals surface area contributed by atoms with Crippen LogP contribution < -0.4 is 5.32 Å². The molecule has 0 radical (unpaired) electrons. The van der Waals surface area contributed by atoms with E-state index >= 15 is 0 Å². The molecule has 1 aliphatic carbocycles. The molecule has 0 saturated heterocycles. The highest BCUT2D eigenvalue weighted by Crippen LogP contribution is 2.44. The summed E-state index contributed by atoms with van der Waals surface area (Å²) < 4.78 is 1.05. The van der Waals surface area contributed by atoms with Gasteiger partial charge in [-0.2, -0.15) is 0 Å². The van der Waals surface area contributed by atoms with Crippen molar-refractivity contribution in [3.63, 3.8) is 0 Å². The average molecular weight is 252 g/mol. The van der Waals surface area contributed by atoms with Crippen LogP contribution in [0, 0.1) is 5.92 Å². The molecule has 1 amide bonds. The number of carbonyl (C=O) groups excluding carboxylic acids is 1. The normalized spacial score (nSPS) is 24.6. The molecule has 1 fully saturated rings. The zero-order chi connectivity index (χ0) is 9.71. The highest BCUT2D eigenvalue weighted by molar-refractivity contribution is 9.10. The van der Waals surface area contributed by atoms with Gasteiger partial charge in [0.05, 0.1) is 6.04 Å². The molecular weight excluding hydrogens is 242 g/mol. The molecule has 72 valence electrons. The lowest BCUT2D eigenvalue weighted by atomic mass is 10.0. The van der Waals surface area contributed by atoms with E-state index in [9.17, 15) is 4.79 Å². The Labute approximate surface area is 90.8 Å². The molecule has 1 aromatic rings. The van der Waals surface area contributed by atoms with E-state index < -0.39 is 0 Å². The highest BCUT2D eigenvalue weighted by atomic mass is 79.9. The van der Waals surface area contributed by atoms with Crippen LogP contribution in [0.3, 0.4) is 0 Å². The molecule has 1 N–H and O–H groups in total. The van der Waals surface area contributed by atoms with Crippen LogP contribution in [0.25, 0.3) is 0 Å². The van der Waals surface area contributed by atoms with Crippen LogP contribution in [0.15, 0.2) is 22.7 Å². The first-order chi connectivity index (χ1) is 6.75. The van der Waals surface area contributed by atoms with Crippen LogP contribution in [0.1, 0.15) is 34.8 Å². The third-order valence-electron chi connectivity index (χ3n) is 2.97. The molecule has 0 aromatic heterocycles. The van der Waals surface area contributed by atoms with Crippen LogP contribution in [-0.2, 0) is 0 Å². The average Bonchev–Trinajstić information content (AvgIpc) is 2.93. The van der Waals surface area contributed by atoms with E-state index in [0.29, 0.717) is 5.92 Å². The number of nitrogens with one attached hydrogen (secondary N) is 1. The minimum absolute atomic E-state index is 0.0874. The number of amides is 1. The lowest BCUT2D eigenvalue weighted by Crippen LogP contribution is -2.20. The van der Waals surface area contributed by atoms with Gasteiger partial charge < -0.3 is 5.32 Å². The van der Waals surface area contributed by atoms with Gasteiger partial charge in [0.2, 0.25) is 0 Å². The SMILES string of the molecule is O=C1NC(C2CC2)c2cc(Br)ccc21. The van der Waals surface area contributed by atoms with Crippen LogP contribution in [0.4, 0.5) is 0 Å². The molecule has 14 heavy (non-hydrogen) atoms. The van der Waals surface area contributed by atoms with E-state index in [1.807, 2.05) is 12.1 Å². The molecule has 3 rings (SSSR count). The zero-order valence-corrected chi connectivity index (χ0v) is 9.17. The van der Waals surface area contributed by atoms with Crippen LogP contribution in [0.5, 0.6) is 0 Å². The van der Waals surface area contributed by atoms with Gasteiger partial charge in [0.15, 0.2) is 0 Å². The highest BCUT2D eigenvalue weighted by Gasteiger charge is 2.39. The van der Waals surface area contributed by atoms with Crippen molar-refractivity contribution in [2.45, 2.75) is 18.9 Å². The Hall–Kier alpha value is -0.830. The third kappa shape index (κ3) is 1.19. The number of hydrogen-bond acceptors (Lipinski definition) is 1. The maximum Gasteiger partial charge on any atom is 0.252 e. The summed E-state index contributed by atoms with van der Waals surface area (Å²) in [7, 11) is 0. The smallest absolute Gasteiger partial charge is 0.252 e. The molecule has 1 heterocycles. The Kier molecular flexibility index (Phi) is 1.71. The van der Waals surface area contributed by atoms with Crippen molar-refractivity contribution < 1.29 is 4.79 Å². The van der Waals surface area contributed by atoms with Gasteiger partial charge in [0, 0.05) is 10.0 Å². The Morgan fingerprint density at radius 3 is 2.86 bits per heavy atom. The number of fused-ring (bicyclic) bond motifs is 1. The molecule has 0 bridgehead atoms. The number of halogens is 1. The van der Waals surface area contributed by atoms with Gasteiger partial charge in [-0.3, -0.25) is 4.79 Å². The van der Waals surface area contributed by atoms with E-state index in [4.69, 9.17) is 0 Å². The summed E-state index contributed by atoms with van der Waals surface area (Å²) in [6.07, 6.45) is 2.49. The van der Waals surface area contributed by atoms with Crippen molar-refractivity contribution in [1.82, 2.24) is 5.32 Å². The maximum absolute atomic E-state index is 11.6. The fraction of sp³-hybridized carbons (Fsp3) is 0.364. The van der Waals surface area contributed by atoms with Gasteiger partial charge in [-0.25, -0.2) is 0 Å². The van der Waals surface area contributed by atoms with Gasteiger partial charge in [0.1, 0.15) is 0 Å². The number of rotatable bonds is 1. The summed E-state index contributed by atoms with van der Waals surface area (Å²) in [5, 5.41) is 3.05. The van der Waals surface area contributed by atoms with E-state index in [1.54, 1.807) is 0 Å². The summed E-state index contributed by atoms with van der Waals surface area (Å²) in [5.41, 5.74) is 2.02. The van der Waals surface area contributed by atoms with Crippen molar-refractivity contribution >= 4 is 21.8 Å². The monoisotopic (exact) mass is 251 g/mol. The quantitative estimate of drug-likeness (QED) is 0.817. The summed E-state index contributed by atoms with van der Waals surface area (Å²) in [6.45, 7) is 0. The minimum Gasteiger partial charge on any atom is -0.345 e. The Bertz CT molecular complexity index is 412. The largest absolute Gasteiger partial charge is 0.345 e. The van der Waals surface area contributed by atoms with E-state index in [2.05, 4.69) is 27.3 Å². The van der Waals surface area contributed by atoms with Gasteiger partial charge in [-0.1, -0.05) is 15.9 Å². The maximum atomic E-state index is 11.6. The topological polar surface area (TPSA) is 29.1 Å². The fourth-order valence-corrected chi connectivity index (χ4v) is 2.47. The van der Waals surface area contributed by atoms with Crippen molar-refractivity contribution in [2.24, 2.45) is 5.92 Å². The van der Waals surface area contributed by atoms with E-state index in [0.717, 1.165) is 10.0 Å². The Morgan fingerprint density at radius 2 is 2.14 bits per heavy atom. The Morgan fingerprint density at radius 1 is 1.36 bits per heavy atom. The second kappa shape index (κ2) is 2.83. The molecule has 2 nitrogen and oxygen atoms in total. The molecule has 1 atom stereocenters. The van der Waals surface area contributed by atoms with E-state index in [-0.39, 0.29) is 11.9 Å². The second-order valence-electron chi connectivity index (χ2n) is 4.02. The number of benzene rings is 1. The molecule has 1 aromatic carbocycles. The van der Waals surface area contributed by atoms with Gasteiger partial charge in [-0.15, -0.1) is 0 Å².